The first-order valence-corrected chi connectivity index (χ1v) is 11.8. The van der Waals surface area contributed by atoms with Crippen molar-refractivity contribution < 1.29 is 4.79 Å². The number of nitrogens with zero attached hydrogens (tertiary/aromatic N) is 3. The normalized spacial score (nSPS) is 23.9. The van der Waals surface area contributed by atoms with Gasteiger partial charge in [0, 0.05) is 23.4 Å². The molecule has 2 heterocycles. The summed E-state index contributed by atoms with van der Waals surface area (Å²) in [5.74, 6) is 1.73. The number of thioether (sulfide) groups is 1. The number of nitrogens with one attached hydrogen (secondary N) is 1. The van der Waals surface area contributed by atoms with Crippen LogP contribution in [0.5, 0.6) is 0 Å². The summed E-state index contributed by atoms with van der Waals surface area (Å²) in [6.45, 7) is 4.24. The van der Waals surface area contributed by atoms with Crippen LogP contribution >= 0.6 is 23.1 Å². The number of rotatable bonds is 7. The monoisotopic (exact) mass is 404 g/mol. The van der Waals surface area contributed by atoms with Crippen molar-refractivity contribution in [2.75, 3.05) is 0 Å². The Bertz CT molecular complexity index is 769. The van der Waals surface area contributed by atoms with Crippen LogP contribution in [-0.4, -0.2) is 32.0 Å². The molecule has 5 nitrogen and oxygen atoms in total. The molecule has 2 saturated carbocycles. The van der Waals surface area contributed by atoms with Crippen molar-refractivity contribution in [2.24, 2.45) is 5.92 Å². The molecule has 3 atom stereocenters. The second kappa shape index (κ2) is 8.35. The Morgan fingerprint density at radius 3 is 2.85 bits per heavy atom. The van der Waals surface area contributed by atoms with Gasteiger partial charge in [-0.1, -0.05) is 37.6 Å². The number of amides is 1. The summed E-state index contributed by atoms with van der Waals surface area (Å²) in [6.07, 6.45) is 8.02. The average Bonchev–Trinajstić information content (AvgIpc) is 3.21. The molecule has 0 aliphatic heterocycles. The Morgan fingerprint density at radius 1 is 1.33 bits per heavy atom. The van der Waals surface area contributed by atoms with Crippen molar-refractivity contribution in [2.45, 2.75) is 81.3 Å². The Balaban J connectivity index is 1.42. The number of hydrogen-bond donors (Lipinski definition) is 1. The van der Waals surface area contributed by atoms with Crippen LogP contribution in [0.1, 0.15) is 69.1 Å². The van der Waals surface area contributed by atoms with Gasteiger partial charge in [-0.2, -0.15) is 0 Å². The topological polar surface area (TPSA) is 59.8 Å². The number of carbonyl (C=O) groups is 1. The van der Waals surface area contributed by atoms with E-state index >= 15 is 0 Å². The molecular formula is C20H28N4OS2. The third-order valence-corrected chi connectivity index (χ3v) is 7.58. The molecule has 0 unspecified atom stereocenters. The molecule has 2 aliphatic carbocycles. The van der Waals surface area contributed by atoms with Crippen molar-refractivity contribution in [3.63, 3.8) is 0 Å². The smallest absolute Gasteiger partial charge is 0.233 e. The summed E-state index contributed by atoms with van der Waals surface area (Å²) >= 11 is 3.30. The van der Waals surface area contributed by atoms with Gasteiger partial charge in [-0.05, 0) is 50.0 Å². The molecule has 2 aliphatic rings. The predicted octanol–water partition coefficient (Wildman–Crippen LogP) is 4.44. The quantitative estimate of drug-likeness (QED) is 0.693. The fourth-order valence-electron chi connectivity index (χ4n) is 3.82. The lowest BCUT2D eigenvalue weighted by molar-refractivity contribution is -0.121. The van der Waals surface area contributed by atoms with Crippen LogP contribution in [0.4, 0.5) is 0 Å². The number of hydrogen-bond acceptors (Lipinski definition) is 5. The highest BCUT2D eigenvalue weighted by Crippen LogP contribution is 2.40. The molecule has 1 N–H and O–H groups in total. The lowest BCUT2D eigenvalue weighted by Gasteiger charge is -2.30. The van der Waals surface area contributed by atoms with Crippen LogP contribution in [0.15, 0.2) is 22.7 Å². The first kappa shape index (κ1) is 19.0. The zero-order valence-electron chi connectivity index (χ0n) is 16.1. The van der Waals surface area contributed by atoms with Gasteiger partial charge in [-0.3, -0.25) is 4.79 Å². The zero-order valence-corrected chi connectivity index (χ0v) is 17.7. The molecule has 4 rings (SSSR count). The van der Waals surface area contributed by atoms with Crippen molar-refractivity contribution in [1.82, 2.24) is 20.1 Å². The van der Waals surface area contributed by atoms with Crippen LogP contribution in [0.2, 0.25) is 0 Å². The molecule has 2 aromatic heterocycles. The lowest BCUT2D eigenvalue weighted by atomic mass is 9.86. The van der Waals surface area contributed by atoms with Gasteiger partial charge in [0.15, 0.2) is 5.16 Å². The summed E-state index contributed by atoms with van der Waals surface area (Å²) in [4.78, 5) is 14.0. The number of thiophene rings is 1. The van der Waals surface area contributed by atoms with Crippen molar-refractivity contribution in [1.29, 1.82) is 0 Å². The standard InChI is InChI=1S/C20H28N4OS2/c1-13-6-3-4-8-17(13)21-19(25)14(2)27-20-23-22-18(24(20)15-9-10-15)12-16-7-5-11-26-16/h5,7,11,13-15,17H,3-4,6,8-10,12H2,1-2H3,(H,21,25)/t13-,14-,17-/m1/s1. The van der Waals surface area contributed by atoms with Gasteiger partial charge in [-0.15, -0.1) is 21.5 Å². The van der Waals surface area contributed by atoms with E-state index in [2.05, 4.69) is 44.5 Å². The molecule has 0 spiro atoms. The Kier molecular flexibility index (Phi) is 5.88. The number of carbonyl (C=O) groups excluding carboxylic acids is 1. The molecule has 0 saturated heterocycles. The van der Waals surface area contributed by atoms with E-state index in [1.807, 2.05) is 6.92 Å². The molecule has 0 bridgehead atoms. The van der Waals surface area contributed by atoms with E-state index in [4.69, 9.17) is 0 Å². The summed E-state index contributed by atoms with van der Waals surface area (Å²) in [6, 6.07) is 5.05. The van der Waals surface area contributed by atoms with Gasteiger partial charge in [0.25, 0.3) is 0 Å². The molecule has 27 heavy (non-hydrogen) atoms. The summed E-state index contributed by atoms with van der Waals surface area (Å²) in [5, 5.41) is 15.0. The van der Waals surface area contributed by atoms with E-state index < -0.39 is 0 Å². The van der Waals surface area contributed by atoms with Gasteiger partial charge < -0.3 is 9.88 Å². The lowest BCUT2D eigenvalue weighted by Crippen LogP contribution is -2.44. The molecule has 2 aromatic rings. The van der Waals surface area contributed by atoms with Crippen LogP contribution in [0.25, 0.3) is 0 Å². The molecule has 7 heteroatoms. The maximum Gasteiger partial charge on any atom is 0.233 e. The van der Waals surface area contributed by atoms with E-state index in [0.717, 1.165) is 23.8 Å². The average molecular weight is 405 g/mol. The minimum Gasteiger partial charge on any atom is -0.352 e. The third-order valence-electron chi connectivity index (χ3n) is 5.65. The van der Waals surface area contributed by atoms with Gasteiger partial charge in [0.1, 0.15) is 5.82 Å². The Morgan fingerprint density at radius 2 is 2.15 bits per heavy atom. The zero-order chi connectivity index (χ0) is 18.8. The summed E-state index contributed by atoms with van der Waals surface area (Å²) < 4.78 is 2.28. The largest absolute Gasteiger partial charge is 0.352 e. The minimum absolute atomic E-state index is 0.129. The van der Waals surface area contributed by atoms with Crippen molar-refractivity contribution in [3.05, 3.63) is 28.2 Å². The van der Waals surface area contributed by atoms with Crippen LogP contribution in [0, 0.1) is 5.92 Å². The molecular weight excluding hydrogens is 376 g/mol. The van der Waals surface area contributed by atoms with Crippen LogP contribution < -0.4 is 5.32 Å². The van der Waals surface area contributed by atoms with Gasteiger partial charge in [-0.25, -0.2) is 0 Å². The third kappa shape index (κ3) is 4.57. The number of aromatic nitrogens is 3. The van der Waals surface area contributed by atoms with Crippen molar-refractivity contribution >= 4 is 29.0 Å². The van der Waals surface area contributed by atoms with E-state index in [1.165, 1.54) is 37.0 Å². The van der Waals surface area contributed by atoms with Gasteiger partial charge >= 0.3 is 0 Å². The van der Waals surface area contributed by atoms with Gasteiger partial charge in [0.05, 0.1) is 5.25 Å². The predicted molar refractivity (Wildman–Crippen MR) is 110 cm³/mol. The molecule has 0 aromatic carbocycles. The summed E-state index contributed by atoms with van der Waals surface area (Å²) in [5.41, 5.74) is 0. The van der Waals surface area contributed by atoms with E-state index in [-0.39, 0.29) is 11.2 Å². The maximum atomic E-state index is 12.7. The van der Waals surface area contributed by atoms with Crippen LogP contribution in [-0.2, 0) is 11.2 Å². The highest BCUT2D eigenvalue weighted by atomic mass is 32.2. The fraction of sp³-hybridized carbons (Fsp3) is 0.650. The highest BCUT2D eigenvalue weighted by molar-refractivity contribution is 8.00. The minimum atomic E-state index is -0.157. The maximum absolute atomic E-state index is 12.7. The Labute approximate surface area is 169 Å². The van der Waals surface area contributed by atoms with Crippen LogP contribution in [0.3, 0.4) is 0 Å². The second-order valence-corrected chi connectivity index (χ2v) is 10.2. The highest BCUT2D eigenvalue weighted by Gasteiger charge is 2.32. The SMILES string of the molecule is C[C@@H]1CCCC[C@H]1NC(=O)[C@@H](C)Sc1nnc(Cc2cccs2)n1C1CC1. The molecule has 146 valence electrons. The van der Waals surface area contributed by atoms with E-state index in [1.54, 1.807) is 23.1 Å². The first-order chi connectivity index (χ1) is 13.1. The fourth-order valence-corrected chi connectivity index (χ4v) is 5.47. The molecule has 0 radical (unpaired) electrons. The van der Waals surface area contributed by atoms with Crippen molar-refractivity contribution in [3.8, 4) is 0 Å². The summed E-state index contributed by atoms with van der Waals surface area (Å²) in [7, 11) is 0. The second-order valence-electron chi connectivity index (χ2n) is 7.89. The molecule has 2 fully saturated rings. The van der Waals surface area contributed by atoms with E-state index in [0.29, 0.717) is 18.0 Å². The van der Waals surface area contributed by atoms with Gasteiger partial charge in [0.2, 0.25) is 5.91 Å². The first-order valence-electron chi connectivity index (χ1n) is 10.0. The molecule has 1 amide bonds. The Hall–Kier alpha value is -1.34. The van der Waals surface area contributed by atoms with E-state index in [9.17, 15) is 4.79 Å².